The molecule has 4 rings (SSSR count). The molecule has 7 nitrogen and oxygen atoms in total. The molecule has 1 aliphatic rings. The molecule has 0 spiro atoms. The van der Waals surface area contributed by atoms with E-state index in [4.69, 9.17) is 9.72 Å². The Bertz CT molecular complexity index is 1080. The predicted octanol–water partition coefficient (Wildman–Crippen LogP) is 3.86. The fourth-order valence-electron chi connectivity index (χ4n) is 3.92. The molecule has 2 aromatic heterocycles. The molecule has 0 saturated carbocycles. The Balaban J connectivity index is 1.56. The van der Waals surface area contributed by atoms with E-state index in [1.165, 1.54) is 0 Å². The van der Waals surface area contributed by atoms with Crippen LogP contribution >= 0.6 is 0 Å². The van der Waals surface area contributed by atoms with E-state index in [0.717, 1.165) is 41.1 Å². The van der Waals surface area contributed by atoms with Gasteiger partial charge in [-0.2, -0.15) is 0 Å². The van der Waals surface area contributed by atoms with Gasteiger partial charge in [0.2, 0.25) is 0 Å². The number of rotatable bonds is 6. The van der Waals surface area contributed by atoms with E-state index in [1.807, 2.05) is 56.6 Å². The number of para-hydroxylation sites is 1. The van der Waals surface area contributed by atoms with Crippen molar-refractivity contribution in [3.63, 3.8) is 0 Å². The molecule has 1 fully saturated rings. The Morgan fingerprint density at radius 2 is 1.94 bits per heavy atom. The van der Waals surface area contributed by atoms with Crippen LogP contribution in [0.1, 0.15) is 67.2 Å². The first-order chi connectivity index (χ1) is 15.4. The Hall–Kier alpha value is -2.90. The zero-order valence-corrected chi connectivity index (χ0v) is 19.2. The molecule has 1 aromatic carbocycles. The number of hydrogen-bond acceptors (Lipinski definition) is 6. The summed E-state index contributed by atoms with van der Waals surface area (Å²) in [5, 5.41) is 3.85. The Labute approximate surface area is 189 Å². The largest absolute Gasteiger partial charge is 0.369 e. The summed E-state index contributed by atoms with van der Waals surface area (Å²) in [4.78, 5) is 29.0. The molecular weight excluding hydrogens is 402 g/mol. The number of nitrogens with zero attached hydrogens (tertiary/aromatic N) is 4. The van der Waals surface area contributed by atoms with Gasteiger partial charge in [-0.3, -0.25) is 9.69 Å². The zero-order valence-electron chi connectivity index (χ0n) is 19.2. The number of ether oxygens (including phenoxy) is 1. The molecule has 0 bridgehead atoms. The van der Waals surface area contributed by atoms with Gasteiger partial charge in [-0.05, 0) is 26.0 Å². The van der Waals surface area contributed by atoms with Crippen molar-refractivity contribution < 1.29 is 9.53 Å². The number of hydrogen-bond donors (Lipinski definition) is 1. The van der Waals surface area contributed by atoms with Gasteiger partial charge in [0.15, 0.2) is 0 Å². The first kappa shape index (κ1) is 22.3. The van der Waals surface area contributed by atoms with E-state index < -0.39 is 0 Å². The van der Waals surface area contributed by atoms with Crippen LogP contribution in [0.4, 0.5) is 0 Å². The molecule has 1 saturated heterocycles. The summed E-state index contributed by atoms with van der Waals surface area (Å²) in [6, 6.07) is 9.70. The first-order valence-electron chi connectivity index (χ1n) is 11.3. The van der Waals surface area contributed by atoms with Crippen LogP contribution in [0, 0.1) is 0 Å². The molecule has 7 heteroatoms. The Morgan fingerprint density at radius 3 is 2.66 bits per heavy atom. The molecule has 3 heterocycles. The van der Waals surface area contributed by atoms with Gasteiger partial charge in [-0.25, -0.2) is 15.0 Å². The van der Waals surface area contributed by atoms with Crippen LogP contribution in [0.25, 0.3) is 10.9 Å². The molecule has 1 amide bonds. The molecular formula is C25H31N5O2. The van der Waals surface area contributed by atoms with Gasteiger partial charge in [-0.15, -0.1) is 0 Å². The molecule has 1 atom stereocenters. The van der Waals surface area contributed by atoms with Gasteiger partial charge in [-0.1, -0.05) is 32.0 Å². The van der Waals surface area contributed by atoms with Crippen LogP contribution in [0.2, 0.25) is 0 Å². The molecule has 32 heavy (non-hydrogen) atoms. The molecule has 1 aliphatic heterocycles. The highest BCUT2D eigenvalue weighted by molar-refractivity contribution is 6.06. The summed E-state index contributed by atoms with van der Waals surface area (Å²) in [6.07, 6.45) is 3.63. The minimum Gasteiger partial charge on any atom is -0.369 e. The molecule has 3 aromatic rings. The third-order valence-electron chi connectivity index (χ3n) is 5.53. The van der Waals surface area contributed by atoms with E-state index in [-0.39, 0.29) is 18.1 Å². The lowest BCUT2D eigenvalue weighted by Gasteiger charge is -2.32. The van der Waals surface area contributed by atoms with Crippen molar-refractivity contribution >= 4 is 16.8 Å². The standard InChI is InChI=1S/C25H31N5O2/c1-16(2)24-26-12-18(13-27-24)14-30-9-10-32-23(15-30)22-11-20(25(31)28-17(3)4)19-7-5-6-8-21(19)29-22/h5-8,11-13,16-17,23H,9-10,14-15H2,1-4H3,(H,28,31)/t23-/m0/s1. The lowest BCUT2D eigenvalue weighted by atomic mass is 10.0. The van der Waals surface area contributed by atoms with Gasteiger partial charge in [0.25, 0.3) is 5.91 Å². The Morgan fingerprint density at radius 1 is 1.19 bits per heavy atom. The van der Waals surface area contributed by atoms with E-state index in [9.17, 15) is 4.79 Å². The lowest BCUT2D eigenvalue weighted by molar-refractivity contribution is -0.0349. The number of benzene rings is 1. The third kappa shape index (κ3) is 5.11. The summed E-state index contributed by atoms with van der Waals surface area (Å²) < 4.78 is 6.08. The Kier molecular flexibility index (Phi) is 6.77. The van der Waals surface area contributed by atoms with Gasteiger partial charge >= 0.3 is 0 Å². The van der Waals surface area contributed by atoms with Crippen LogP contribution in [-0.4, -0.2) is 51.5 Å². The van der Waals surface area contributed by atoms with Crippen molar-refractivity contribution in [1.29, 1.82) is 0 Å². The van der Waals surface area contributed by atoms with Gasteiger partial charge in [0.1, 0.15) is 11.9 Å². The number of nitrogens with one attached hydrogen (secondary N) is 1. The predicted molar refractivity (Wildman–Crippen MR) is 124 cm³/mol. The van der Waals surface area contributed by atoms with Crippen molar-refractivity contribution in [2.45, 2.75) is 52.3 Å². The first-order valence-corrected chi connectivity index (χ1v) is 11.3. The average molecular weight is 434 g/mol. The summed E-state index contributed by atoms with van der Waals surface area (Å²) in [5.41, 5.74) is 3.31. The molecule has 0 unspecified atom stereocenters. The maximum Gasteiger partial charge on any atom is 0.252 e. The van der Waals surface area contributed by atoms with Crippen LogP contribution < -0.4 is 5.32 Å². The van der Waals surface area contributed by atoms with Gasteiger partial charge in [0.05, 0.1) is 23.4 Å². The zero-order chi connectivity index (χ0) is 22.7. The number of aromatic nitrogens is 3. The maximum absolute atomic E-state index is 12.9. The molecule has 1 N–H and O–H groups in total. The second-order valence-electron chi connectivity index (χ2n) is 8.94. The van der Waals surface area contributed by atoms with E-state index in [1.54, 1.807) is 0 Å². The number of carbonyl (C=O) groups is 1. The summed E-state index contributed by atoms with van der Waals surface area (Å²) >= 11 is 0. The SMILES string of the molecule is CC(C)NC(=O)c1cc([C@@H]2CN(Cc3cnc(C(C)C)nc3)CCO2)nc2ccccc12. The summed E-state index contributed by atoms with van der Waals surface area (Å²) in [6.45, 7) is 11.0. The average Bonchev–Trinajstić information content (AvgIpc) is 2.78. The fraction of sp³-hybridized carbons (Fsp3) is 0.440. The van der Waals surface area contributed by atoms with Crippen LogP contribution in [0.3, 0.4) is 0 Å². The van der Waals surface area contributed by atoms with Crippen molar-refractivity contribution in [3.05, 3.63) is 65.4 Å². The molecule has 0 aliphatic carbocycles. The molecule has 0 radical (unpaired) electrons. The topological polar surface area (TPSA) is 80.2 Å². The van der Waals surface area contributed by atoms with Crippen molar-refractivity contribution in [2.75, 3.05) is 19.7 Å². The minimum absolute atomic E-state index is 0.0589. The number of morpholine rings is 1. The van der Waals surface area contributed by atoms with E-state index in [0.29, 0.717) is 24.6 Å². The van der Waals surface area contributed by atoms with Crippen molar-refractivity contribution in [3.8, 4) is 0 Å². The normalized spacial score (nSPS) is 17.2. The minimum atomic E-state index is -0.199. The van der Waals surface area contributed by atoms with Crippen molar-refractivity contribution in [2.24, 2.45) is 0 Å². The number of amides is 1. The maximum atomic E-state index is 12.9. The number of pyridine rings is 1. The van der Waals surface area contributed by atoms with Crippen LogP contribution in [0.5, 0.6) is 0 Å². The lowest BCUT2D eigenvalue weighted by Crippen LogP contribution is -2.38. The summed E-state index contributed by atoms with van der Waals surface area (Å²) in [7, 11) is 0. The third-order valence-corrected chi connectivity index (χ3v) is 5.53. The smallest absolute Gasteiger partial charge is 0.252 e. The summed E-state index contributed by atoms with van der Waals surface area (Å²) in [5.74, 6) is 1.09. The van der Waals surface area contributed by atoms with Gasteiger partial charge < -0.3 is 10.1 Å². The fourth-order valence-corrected chi connectivity index (χ4v) is 3.92. The monoisotopic (exact) mass is 433 g/mol. The highest BCUT2D eigenvalue weighted by Crippen LogP contribution is 2.27. The second kappa shape index (κ2) is 9.71. The van der Waals surface area contributed by atoms with E-state index in [2.05, 4.69) is 34.0 Å². The highest BCUT2D eigenvalue weighted by Gasteiger charge is 2.25. The van der Waals surface area contributed by atoms with Crippen molar-refractivity contribution in [1.82, 2.24) is 25.2 Å². The van der Waals surface area contributed by atoms with Gasteiger partial charge in [0, 0.05) is 54.9 Å². The quantitative estimate of drug-likeness (QED) is 0.636. The van der Waals surface area contributed by atoms with E-state index >= 15 is 0 Å². The van der Waals surface area contributed by atoms with Crippen LogP contribution in [0.15, 0.2) is 42.7 Å². The van der Waals surface area contributed by atoms with Crippen LogP contribution in [-0.2, 0) is 11.3 Å². The highest BCUT2D eigenvalue weighted by atomic mass is 16.5. The number of fused-ring (bicyclic) bond motifs is 1. The number of carbonyl (C=O) groups excluding carboxylic acids is 1. The molecule has 168 valence electrons. The second-order valence-corrected chi connectivity index (χ2v) is 8.94.